The van der Waals surface area contributed by atoms with E-state index in [9.17, 15) is 5.11 Å². The van der Waals surface area contributed by atoms with Gasteiger partial charge in [-0.1, -0.05) is 11.3 Å². The zero-order valence-corrected chi connectivity index (χ0v) is 11.8. The third-order valence-corrected chi connectivity index (χ3v) is 3.16. The minimum atomic E-state index is -0.596. The number of ether oxygens (including phenoxy) is 1. The molecule has 0 spiro atoms. The van der Waals surface area contributed by atoms with E-state index in [-0.39, 0.29) is 0 Å². The van der Waals surface area contributed by atoms with Crippen molar-refractivity contribution in [2.45, 2.75) is 19.6 Å². The number of methoxy groups -OCH3 is 1. The van der Waals surface area contributed by atoms with Crippen LogP contribution in [0.4, 0.5) is 0 Å². The van der Waals surface area contributed by atoms with Gasteiger partial charge in [0.1, 0.15) is 11.4 Å². The maximum Gasteiger partial charge on any atom is 0.133 e. The van der Waals surface area contributed by atoms with E-state index in [1.54, 1.807) is 24.9 Å². The number of rotatable bonds is 4. The lowest BCUT2D eigenvalue weighted by Crippen LogP contribution is -2.00. The third kappa shape index (κ3) is 2.88. The zero-order valence-electron chi connectivity index (χ0n) is 10.2. The van der Waals surface area contributed by atoms with E-state index in [1.165, 1.54) is 0 Å². The van der Waals surface area contributed by atoms with E-state index in [1.807, 2.05) is 18.2 Å². The molecular formula is C12H14BrN3O2. The molecule has 1 aromatic heterocycles. The van der Waals surface area contributed by atoms with Crippen molar-refractivity contribution >= 4 is 15.9 Å². The van der Waals surface area contributed by atoms with E-state index in [0.29, 0.717) is 12.2 Å². The molecule has 1 atom stereocenters. The Morgan fingerprint density at radius 1 is 1.50 bits per heavy atom. The molecule has 18 heavy (non-hydrogen) atoms. The molecule has 0 fully saturated rings. The fourth-order valence-electron chi connectivity index (χ4n) is 1.58. The topological polar surface area (TPSA) is 60.2 Å². The summed E-state index contributed by atoms with van der Waals surface area (Å²) in [5.41, 5.74) is 1.65. The van der Waals surface area contributed by atoms with Gasteiger partial charge in [-0.25, -0.2) is 4.68 Å². The second-order valence-corrected chi connectivity index (χ2v) is 4.84. The van der Waals surface area contributed by atoms with Crippen LogP contribution in [0.15, 0.2) is 28.9 Å². The summed E-state index contributed by atoms with van der Waals surface area (Å²) in [4.78, 5) is 0. The summed E-state index contributed by atoms with van der Waals surface area (Å²) in [7, 11) is 1.63. The van der Waals surface area contributed by atoms with Crippen LogP contribution in [0.5, 0.6) is 5.75 Å². The first-order chi connectivity index (χ1) is 8.60. The van der Waals surface area contributed by atoms with Crippen LogP contribution >= 0.6 is 15.9 Å². The predicted octanol–water partition coefficient (Wildman–Crippen LogP) is 2.15. The molecular weight excluding hydrogens is 298 g/mol. The normalized spacial score (nSPS) is 12.4. The summed E-state index contributed by atoms with van der Waals surface area (Å²) in [6, 6.07) is 5.84. The summed E-state index contributed by atoms with van der Waals surface area (Å²) < 4.78 is 7.76. The summed E-state index contributed by atoms with van der Waals surface area (Å²) in [5.74, 6) is 0.794. The summed E-state index contributed by atoms with van der Waals surface area (Å²) in [5, 5.41) is 17.2. The number of hydrogen-bond donors (Lipinski definition) is 1. The number of halogens is 1. The number of benzene rings is 1. The summed E-state index contributed by atoms with van der Waals surface area (Å²) >= 11 is 3.44. The Kier molecular flexibility index (Phi) is 3.98. The van der Waals surface area contributed by atoms with Crippen molar-refractivity contribution in [2.75, 3.05) is 7.11 Å². The van der Waals surface area contributed by atoms with E-state index in [2.05, 4.69) is 26.2 Å². The second-order valence-electron chi connectivity index (χ2n) is 3.99. The lowest BCUT2D eigenvalue weighted by molar-refractivity contribution is 0.194. The fourth-order valence-corrected chi connectivity index (χ4v) is 2.17. The lowest BCUT2D eigenvalue weighted by Gasteiger charge is -2.06. The average molecular weight is 312 g/mol. The van der Waals surface area contributed by atoms with Crippen LogP contribution in [-0.2, 0) is 6.54 Å². The highest BCUT2D eigenvalue weighted by molar-refractivity contribution is 9.10. The molecule has 96 valence electrons. The van der Waals surface area contributed by atoms with Gasteiger partial charge in [0.25, 0.3) is 0 Å². The van der Waals surface area contributed by atoms with E-state index >= 15 is 0 Å². The van der Waals surface area contributed by atoms with Crippen LogP contribution in [0.1, 0.15) is 24.3 Å². The first-order valence-corrected chi connectivity index (χ1v) is 6.30. The Morgan fingerprint density at radius 2 is 2.28 bits per heavy atom. The largest absolute Gasteiger partial charge is 0.496 e. The minimum Gasteiger partial charge on any atom is -0.496 e. The van der Waals surface area contributed by atoms with E-state index in [4.69, 9.17) is 4.74 Å². The van der Waals surface area contributed by atoms with E-state index in [0.717, 1.165) is 15.8 Å². The van der Waals surface area contributed by atoms with Gasteiger partial charge in [0.2, 0.25) is 0 Å². The smallest absolute Gasteiger partial charge is 0.133 e. The average Bonchev–Trinajstić information content (AvgIpc) is 2.78. The van der Waals surface area contributed by atoms with Gasteiger partial charge < -0.3 is 9.84 Å². The lowest BCUT2D eigenvalue weighted by atomic mass is 10.2. The molecule has 0 aliphatic carbocycles. The van der Waals surface area contributed by atoms with Crippen molar-refractivity contribution < 1.29 is 9.84 Å². The molecule has 1 heterocycles. The van der Waals surface area contributed by atoms with Gasteiger partial charge in [-0.3, -0.25) is 0 Å². The van der Waals surface area contributed by atoms with E-state index < -0.39 is 6.10 Å². The van der Waals surface area contributed by atoms with Crippen LogP contribution in [0.2, 0.25) is 0 Å². The number of aromatic nitrogens is 3. The number of aliphatic hydroxyl groups is 1. The van der Waals surface area contributed by atoms with Crippen LogP contribution in [0.3, 0.4) is 0 Å². The van der Waals surface area contributed by atoms with Crippen molar-refractivity contribution in [1.29, 1.82) is 0 Å². The first-order valence-electron chi connectivity index (χ1n) is 5.50. The molecule has 0 saturated heterocycles. The molecule has 6 heteroatoms. The predicted molar refractivity (Wildman–Crippen MR) is 70.5 cm³/mol. The van der Waals surface area contributed by atoms with Crippen LogP contribution in [-0.4, -0.2) is 27.2 Å². The minimum absolute atomic E-state index is 0.572. The molecule has 2 aromatic rings. The Bertz CT molecular complexity index is 540. The van der Waals surface area contributed by atoms with Crippen molar-refractivity contribution in [3.05, 3.63) is 40.1 Å². The zero-order chi connectivity index (χ0) is 13.1. The Balaban J connectivity index is 2.15. The molecule has 0 amide bonds. The number of aliphatic hydroxyl groups excluding tert-OH is 1. The van der Waals surface area contributed by atoms with Crippen LogP contribution in [0.25, 0.3) is 0 Å². The maximum atomic E-state index is 9.38. The van der Waals surface area contributed by atoms with Crippen molar-refractivity contribution in [3.8, 4) is 5.75 Å². The molecule has 0 radical (unpaired) electrons. The molecule has 1 unspecified atom stereocenters. The molecule has 1 aromatic carbocycles. The van der Waals surface area contributed by atoms with Crippen LogP contribution < -0.4 is 4.74 Å². The molecule has 0 bridgehead atoms. The molecule has 5 nitrogen and oxygen atoms in total. The van der Waals surface area contributed by atoms with Crippen molar-refractivity contribution in [1.82, 2.24) is 15.0 Å². The second kappa shape index (κ2) is 5.49. The Morgan fingerprint density at radius 3 is 2.83 bits per heavy atom. The molecule has 0 aliphatic heterocycles. The Hall–Kier alpha value is -1.40. The van der Waals surface area contributed by atoms with Gasteiger partial charge in [-0.15, -0.1) is 5.10 Å². The standard InChI is InChI=1S/C12H14BrN3O2/c1-8(17)11-7-16(15-14-11)6-9-3-4-12(18-2)10(13)5-9/h3-5,7-8,17H,6H2,1-2H3. The van der Waals surface area contributed by atoms with Gasteiger partial charge in [-0.05, 0) is 40.5 Å². The van der Waals surface area contributed by atoms with Crippen molar-refractivity contribution in [2.24, 2.45) is 0 Å². The number of nitrogens with zero attached hydrogens (tertiary/aromatic N) is 3. The van der Waals surface area contributed by atoms with Gasteiger partial charge in [-0.2, -0.15) is 0 Å². The van der Waals surface area contributed by atoms with Gasteiger partial charge in [0.15, 0.2) is 0 Å². The molecule has 0 saturated carbocycles. The number of hydrogen-bond acceptors (Lipinski definition) is 4. The van der Waals surface area contributed by atoms with Crippen molar-refractivity contribution in [3.63, 3.8) is 0 Å². The summed E-state index contributed by atoms with van der Waals surface area (Å²) in [6.07, 6.45) is 1.14. The van der Waals surface area contributed by atoms with Crippen LogP contribution in [0, 0.1) is 0 Å². The van der Waals surface area contributed by atoms with Gasteiger partial charge in [0.05, 0.1) is 30.4 Å². The molecule has 1 N–H and O–H groups in total. The highest BCUT2D eigenvalue weighted by Gasteiger charge is 2.07. The molecule has 2 rings (SSSR count). The van der Waals surface area contributed by atoms with Gasteiger partial charge in [0, 0.05) is 0 Å². The third-order valence-electron chi connectivity index (χ3n) is 2.55. The summed E-state index contributed by atoms with van der Waals surface area (Å²) in [6.45, 7) is 2.26. The SMILES string of the molecule is COc1ccc(Cn2cc(C(C)O)nn2)cc1Br. The fraction of sp³-hybridized carbons (Fsp3) is 0.333. The molecule has 0 aliphatic rings. The maximum absolute atomic E-state index is 9.38. The highest BCUT2D eigenvalue weighted by atomic mass is 79.9. The van der Waals surface area contributed by atoms with Gasteiger partial charge >= 0.3 is 0 Å². The quantitative estimate of drug-likeness (QED) is 0.940. The monoisotopic (exact) mass is 311 g/mol. The Labute approximate surface area is 114 Å². The first kappa shape index (κ1) is 13.0. The highest BCUT2D eigenvalue weighted by Crippen LogP contribution is 2.25.